The van der Waals surface area contributed by atoms with Crippen LogP contribution in [0.1, 0.15) is 32.6 Å². The molecule has 0 aromatic heterocycles. The van der Waals surface area contributed by atoms with Crippen molar-refractivity contribution < 1.29 is 9.53 Å². The third kappa shape index (κ3) is 4.34. The topological polar surface area (TPSA) is 29.5 Å². The number of likely N-dealkylation sites (tertiary alicyclic amines) is 1. The van der Waals surface area contributed by atoms with Crippen molar-refractivity contribution in [2.24, 2.45) is 0 Å². The molecule has 1 unspecified atom stereocenters. The smallest absolute Gasteiger partial charge is 0.323 e. The summed E-state index contributed by atoms with van der Waals surface area (Å²) in [6.07, 6.45) is 4.51. The summed E-state index contributed by atoms with van der Waals surface area (Å²) >= 11 is 1.97. The number of carbonyl (C=O) groups is 1. The van der Waals surface area contributed by atoms with Crippen LogP contribution >= 0.6 is 11.8 Å². The van der Waals surface area contributed by atoms with Crippen molar-refractivity contribution in [3.8, 4) is 0 Å². The van der Waals surface area contributed by atoms with E-state index in [0.29, 0.717) is 0 Å². The summed E-state index contributed by atoms with van der Waals surface area (Å²) in [4.78, 5) is 13.9. The Morgan fingerprint density at radius 3 is 3.00 bits per heavy atom. The minimum absolute atomic E-state index is 0.0189. The van der Waals surface area contributed by atoms with Gasteiger partial charge in [-0.05, 0) is 43.9 Å². The Morgan fingerprint density at radius 2 is 2.31 bits per heavy atom. The van der Waals surface area contributed by atoms with Crippen LogP contribution in [0.2, 0.25) is 0 Å². The van der Waals surface area contributed by atoms with Gasteiger partial charge in [-0.2, -0.15) is 11.8 Å². The van der Waals surface area contributed by atoms with Crippen LogP contribution in [0.15, 0.2) is 0 Å². The molecule has 16 heavy (non-hydrogen) atoms. The van der Waals surface area contributed by atoms with Gasteiger partial charge in [0.2, 0.25) is 0 Å². The number of thioether (sulfide) groups is 1. The Bertz CT molecular complexity index is 211. The molecule has 0 radical (unpaired) electrons. The van der Waals surface area contributed by atoms with Crippen LogP contribution in [0.3, 0.4) is 0 Å². The van der Waals surface area contributed by atoms with Crippen molar-refractivity contribution in [2.75, 3.05) is 31.7 Å². The van der Waals surface area contributed by atoms with Gasteiger partial charge in [-0.1, -0.05) is 13.3 Å². The summed E-state index contributed by atoms with van der Waals surface area (Å²) in [6.45, 7) is 4.27. The Balaban J connectivity index is 2.32. The average molecular weight is 245 g/mol. The van der Waals surface area contributed by atoms with Gasteiger partial charge in [0, 0.05) is 0 Å². The fraction of sp³-hybridized carbons (Fsp3) is 0.917. The van der Waals surface area contributed by atoms with E-state index >= 15 is 0 Å². The zero-order valence-corrected chi connectivity index (χ0v) is 11.2. The maximum atomic E-state index is 11.6. The predicted molar refractivity (Wildman–Crippen MR) is 68.8 cm³/mol. The number of carbonyl (C=O) groups excluding carboxylic acids is 1. The minimum atomic E-state index is -0.0529. The number of ether oxygens (including phenoxy) is 1. The Hall–Kier alpha value is -0.220. The maximum absolute atomic E-state index is 11.6. The minimum Gasteiger partial charge on any atom is -0.468 e. The summed E-state index contributed by atoms with van der Waals surface area (Å²) in [5.74, 6) is 2.32. The fourth-order valence-electron chi connectivity index (χ4n) is 2.18. The Morgan fingerprint density at radius 1 is 1.50 bits per heavy atom. The molecule has 0 saturated carbocycles. The molecule has 0 spiro atoms. The van der Waals surface area contributed by atoms with Crippen LogP contribution < -0.4 is 0 Å². The number of esters is 1. The second kappa shape index (κ2) is 7.96. The van der Waals surface area contributed by atoms with E-state index in [0.717, 1.165) is 25.9 Å². The molecular formula is C12H23NO2S. The molecule has 1 aliphatic heterocycles. The predicted octanol–water partition coefficient (Wildman–Crippen LogP) is 2.16. The molecule has 3 nitrogen and oxygen atoms in total. The van der Waals surface area contributed by atoms with Crippen molar-refractivity contribution in [2.45, 2.75) is 38.6 Å². The zero-order chi connectivity index (χ0) is 11.8. The molecule has 0 aromatic rings. The first kappa shape index (κ1) is 13.8. The zero-order valence-electron chi connectivity index (χ0n) is 10.4. The maximum Gasteiger partial charge on any atom is 0.323 e. The number of piperidine rings is 1. The monoisotopic (exact) mass is 245 g/mol. The molecule has 1 atom stereocenters. The van der Waals surface area contributed by atoms with Gasteiger partial charge in [0.1, 0.15) is 6.04 Å². The molecule has 1 aliphatic rings. The van der Waals surface area contributed by atoms with Gasteiger partial charge in [-0.15, -0.1) is 0 Å². The molecule has 0 bridgehead atoms. The highest BCUT2D eigenvalue weighted by Gasteiger charge is 2.28. The number of methoxy groups -OCH3 is 1. The van der Waals surface area contributed by atoms with Crippen molar-refractivity contribution in [3.63, 3.8) is 0 Å². The van der Waals surface area contributed by atoms with Crippen LogP contribution in [0.25, 0.3) is 0 Å². The molecule has 1 heterocycles. The van der Waals surface area contributed by atoms with E-state index in [1.165, 1.54) is 31.5 Å². The van der Waals surface area contributed by atoms with Gasteiger partial charge in [0.15, 0.2) is 0 Å². The molecule has 1 rings (SSSR count). The lowest BCUT2D eigenvalue weighted by molar-refractivity contribution is -0.148. The number of rotatable bonds is 6. The third-order valence-electron chi connectivity index (χ3n) is 3.03. The average Bonchev–Trinajstić information content (AvgIpc) is 2.34. The number of nitrogens with zero attached hydrogens (tertiary/aromatic N) is 1. The molecule has 1 saturated heterocycles. The van der Waals surface area contributed by atoms with E-state index in [1.54, 1.807) is 0 Å². The first-order chi connectivity index (χ1) is 7.79. The highest BCUT2D eigenvalue weighted by Crippen LogP contribution is 2.18. The van der Waals surface area contributed by atoms with E-state index in [9.17, 15) is 4.79 Å². The lowest BCUT2D eigenvalue weighted by Gasteiger charge is -2.33. The summed E-state index contributed by atoms with van der Waals surface area (Å²) in [5, 5.41) is 0. The Kier molecular flexibility index (Phi) is 6.88. The van der Waals surface area contributed by atoms with Crippen LogP contribution in [-0.4, -0.2) is 48.6 Å². The third-order valence-corrected chi connectivity index (χ3v) is 4.01. The van der Waals surface area contributed by atoms with E-state index < -0.39 is 0 Å². The number of hydrogen-bond donors (Lipinski definition) is 0. The lowest BCUT2D eigenvalue weighted by atomic mass is 10.0. The molecule has 0 amide bonds. The first-order valence-electron chi connectivity index (χ1n) is 6.19. The van der Waals surface area contributed by atoms with E-state index in [-0.39, 0.29) is 12.0 Å². The molecule has 0 aromatic carbocycles. The van der Waals surface area contributed by atoms with Gasteiger partial charge >= 0.3 is 5.97 Å². The highest BCUT2D eigenvalue weighted by molar-refractivity contribution is 7.99. The van der Waals surface area contributed by atoms with E-state index in [4.69, 9.17) is 4.74 Å². The summed E-state index contributed by atoms with van der Waals surface area (Å²) in [6, 6.07) is 0.0189. The van der Waals surface area contributed by atoms with Gasteiger partial charge in [-0.25, -0.2) is 0 Å². The largest absolute Gasteiger partial charge is 0.468 e. The normalized spacial score (nSPS) is 22.0. The summed E-state index contributed by atoms with van der Waals surface area (Å²) in [7, 11) is 1.49. The van der Waals surface area contributed by atoms with Crippen molar-refractivity contribution in [3.05, 3.63) is 0 Å². The van der Waals surface area contributed by atoms with Gasteiger partial charge in [0.05, 0.1) is 7.11 Å². The van der Waals surface area contributed by atoms with Gasteiger partial charge < -0.3 is 4.74 Å². The highest BCUT2D eigenvalue weighted by atomic mass is 32.2. The van der Waals surface area contributed by atoms with Crippen LogP contribution in [-0.2, 0) is 9.53 Å². The molecular weight excluding hydrogens is 222 g/mol. The van der Waals surface area contributed by atoms with Crippen LogP contribution in [0.4, 0.5) is 0 Å². The second-order valence-corrected chi connectivity index (χ2v) is 5.52. The lowest BCUT2D eigenvalue weighted by Crippen LogP contribution is -2.45. The molecule has 0 N–H and O–H groups in total. The van der Waals surface area contributed by atoms with Crippen LogP contribution in [0, 0.1) is 0 Å². The van der Waals surface area contributed by atoms with E-state index in [1.807, 2.05) is 11.8 Å². The van der Waals surface area contributed by atoms with Gasteiger partial charge in [0.25, 0.3) is 0 Å². The van der Waals surface area contributed by atoms with Crippen molar-refractivity contribution >= 4 is 17.7 Å². The first-order valence-corrected chi connectivity index (χ1v) is 7.34. The fourth-order valence-corrected chi connectivity index (χ4v) is 2.80. The summed E-state index contributed by atoms with van der Waals surface area (Å²) < 4.78 is 4.86. The quantitative estimate of drug-likeness (QED) is 0.530. The van der Waals surface area contributed by atoms with Gasteiger partial charge in [-0.3, -0.25) is 9.69 Å². The van der Waals surface area contributed by atoms with Crippen molar-refractivity contribution in [1.82, 2.24) is 4.90 Å². The summed E-state index contributed by atoms with van der Waals surface area (Å²) in [5.41, 5.74) is 0. The SMILES string of the molecule is CCSCCCN1CCCCC1C(=O)OC. The second-order valence-electron chi connectivity index (χ2n) is 4.12. The van der Waals surface area contributed by atoms with Crippen molar-refractivity contribution in [1.29, 1.82) is 0 Å². The van der Waals surface area contributed by atoms with E-state index in [2.05, 4.69) is 11.8 Å². The molecule has 1 fully saturated rings. The molecule has 4 heteroatoms. The molecule has 94 valence electrons. The Labute approximate surface area is 103 Å². The standard InChI is InChI=1S/C12H23NO2S/c1-3-16-10-6-9-13-8-5-4-7-11(13)12(14)15-2/h11H,3-10H2,1-2H3. The van der Waals surface area contributed by atoms with Crippen LogP contribution in [0.5, 0.6) is 0 Å². The number of hydrogen-bond acceptors (Lipinski definition) is 4. The molecule has 0 aliphatic carbocycles.